The van der Waals surface area contributed by atoms with Crippen molar-refractivity contribution in [2.24, 2.45) is 5.92 Å². The molecular weight excluding hydrogens is 348 g/mol. The van der Waals surface area contributed by atoms with E-state index in [0.29, 0.717) is 0 Å². The highest BCUT2D eigenvalue weighted by molar-refractivity contribution is 4.62. The zero-order valence-electron chi connectivity index (χ0n) is 20.7. The zero-order chi connectivity index (χ0) is 20.7. The summed E-state index contributed by atoms with van der Waals surface area (Å²) in [7, 11) is 0. The van der Waals surface area contributed by atoms with Crippen molar-refractivity contribution < 1.29 is 0 Å². The molecule has 0 spiro atoms. The lowest BCUT2D eigenvalue weighted by molar-refractivity contribution is 0.365. The lowest BCUT2D eigenvalue weighted by Crippen LogP contribution is -2.01. The van der Waals surface area contributed by atoms with Crippen LogP contribution in [0.1, 0.15) is 180 Å². The van der Waals surface area contributed by atoms with Gasteiger partial charge in [-0.3, -0.25) is 0 Å². The van der Waals surface area contributed by atoms with Crippen LogP contribution in [0.25, 0.3) is 0 Å². The van der Waals surface area contributed by atoms with Crippen molar-refractivity contribution in [2.45, 2.75) is 180 Å². The van der Waals surface area contributed by atoms with Crippen LogP contribution in [0.4, 0.5) is 0 Å². The maximum atomic E-state index is 2.31. The van der Waals surface area contributed by atoms with Crippen LogP contribution >= 0.6 is 0 Å². The summed E-state index contributed by atoms with van der Waals surface area (Å²) < 4.78 is 0. The van der Waals surface area contributed by atoms with Gasteiger partial charge in [-0.2, -0.15) is 0 Å². The Morgan fingerprint density at radius 1 is 0.379 bits per heavy atom. The molecule has 1 aliphatic carbocycles. The first kappa shape index (κ1) is 27.0. The van der Waals surface area contributed by atoms with Gasteiger partial charge in [-0.15, -0.1) is 0 Å². The number of rotatable bonds is 11. The first-order valence-electron chi connectivity index (χ1n) is 14.4. The van der Waals surface area contributed by atoms with Crippen LogP contribution in [0.15, 0.2) is 0 Å². The molecular formula is C29H58. The molecule has 1 fully saturated rings. The van der Waals surface area contributed by atoms with Crippen LogP contribution in [-0.4, -0.2) is 0 Å². The van der Waals surface area contributed by atoms with Crippen molar-refractivity contribution >= 4 is 0 Å². The first-order chi connectivity index (χ1) is 14.4. The average Bonchev–Trinajstić information content (AvgIpc) is 2.74. The molecule has 29 heavy (non-hydrogen) atoms. The molecule has 0 aromatic rings. The Balaban J connectivity index is 2.09. The highest BCUT2D eigenvalue weighted by Crippen LogP contribution is 2.25. The SMILES string of the molecule is CCCCCCCCCCCCC1CCCCCCCCCCCCCCCC1. The summed E-state index contributed by atoms with van der Waals surface area (Å²) in [5.74, 6) is 1.06. The third-order valence-electron chi connectivity index (χ3n) is 7.44. The molecule has 0 saturated heterocycles. The molecule has 0 aliphatic heterocycles. The van der Waals surface area contributed by atoms with Crippen molar-refractivity contribution in [1.29, 1.82) is 0 Å². The minimum Gasteiger partial charge on any atom is -0.0654 e. The third kappa shape index (κ3) is 19.7. The van der Waals surface area contributed by atoms with Gasteiger partial charge in [0.25, 0.3) is 0 Å². The second-order valence-electron chi connectivity index (χ2n) is 10.4. The lowest BCUT2D eigenvalue weighted by Gasteiger charge is -2.17. The average molecular weight is 407 g/mol. The van der Waals surface area contributed by atoms with E-state index < -0.39 is 0 Å². The largest absolute Gasteiger partial charge is 0.0654 e. The Labute approximate surface area is 186 Å². The fraction of sp³-hybridized carbons (Fsp3) is 1.00. The van der Waals surface area contributed by atoms with E-state index in [1.807, 2.05) is 0 Å². The number of hydrogen-bond donors (Lipinski definition) is 0. The van der Waals surface area contributed by atoms with Gasteiger partial charge in [0, 0.05) is 0 Å². The molecule has 0 heterocycles. The fourth-order valence-electron chi connectivity index (χ4n) is 5.34. The summed E-state index contributed by atoms with van der Waals surface area (Å²) in [6.45, 7) is 2.31. The summed E-state index contributed by atoms with van der Waals surface area (Å²) in [4.78, 5) is 0. The minimum atomic E-state index is 1.06. The summed E-state index contributed by atoms with van der Waals surface area (Å²) in [6, 6.07) is 0. The quantitative estimate of drug-likeness (QED) is 0.299. The van der Waals surface area contributed by atoms with E-state index in [4.69, 9.17) is 0 Å². The van der Waals surface area contributed by atoms with Gasteiger partial charge in [0.1, 0.15) is 0 Å². The molecule has 174 valence electrons. The molecule has 0 unspecified atom stereocenters. The second kappa shape index (κ2) is 22.7. The van der Waals surface area contributed by atoms with Crippen molar-refractivity contribution in [3.05, 3.63) is 0 Å². The van der Waals surface area contributed by atoms with Crippen molar-refractivity contribution in [3.8, 4) is 0 Å². The molecule has 0 aromatic heterocycles. The van der Waals surface area contributed by atoms with E-state index in [1.54, 1.807) is 0 Å². The van der Waals surface area contributed by atoms with Gasteiger partial charge < -0.3 is 0 Å². The molecule has 0 nitrogen and oxygen atoms in total. The smallest absolute Gasteiger partial charge is 0.0414 e. The van der Waals surface area contributed by atoms with Crippen LogP contribution < -0.4 is 0 Å². The molecule has 0 atom stereocenters. The van der Waals surface area contributed by atoms with Gasteiger partial charge in [0.05, 0.1) is 0 Å². The minimum absolute atomic E-state index is 1.06. The van der Waals surface area contributed by atoms with E-state index in [2.05, 4.69) is 6.92 Å². The summed E-state index contributed by atoms with van der Waals surface area (Å²) in [6.07, 6.45) is 40.5. The van der Waals surface area contributed by atoms with Gasteiger partial charge in [-0.1, -0.05) is 180 Å². The predicted molar refractivity (Wildman–Crippen MR) is 134 cm³/mol. The van der Waals surface area contributed by atoms with Gasteiger partial charge in [0.15, 0.2) is 0 Å². The van der Waals surface area contributed by atoms with E-state index in [-0.39, 0.29) is 0 Å². The van der Waals surface area contributed by atoms with E-state index in [0.717, 1.165) is 5.92 Å². The van der Waals surface area contributed by atoms with E-state index in [1.165, 1.54) is 173 Å². The standard InChI is InChI=1S/C29H58/c1-2-3-4-5-6-7-14-17-20-23-26-29-27-24-21-18-15-12-10-8-9-11-13-16-19-22-25-28-29/h29H,2-28H2,1H3. The van der Waals surface area contributed by atoms with Gasteiger partial charge >= 0.3 is 0 Å². The molecule has 0 N–H and O–H groups in total. The maximum absolute atomic E-state index is 2.31. The van der Waals surface area contributed by atoms with Crippen molar-refractivity contribution in [2.75, 3.05) is 0 Å². The Bertz CT molecular complexity index is 276. The molecule has 0 bridgehead atoms. The Kier molecular flexibility index (Phi) is 21.1. The van der Waals surface area contributed by atoms with Gasteiger partial charge in [-0.05, 0) is 5.92 Å². The lowest BCUT2D eigenvalue weighted by atomic mass is 9.89. The van der Waals surface area contributed by atoms with Crippen molar-refractivity contribution in [1.82, 2.24) is 0 Å². The fourth-order valence-corrected chi connectivity index (χ4v) is 5.34. The zero-order valence-corrected chi connectivity index (χ0v) is 20.7. The van der Waals surface area contributed by atoms with Crippen LogP contribution in [0.3, 0.4) is 0 Å². The summed E-state index contributed by atoms with van der Waals surface area (Å²) in [5.41, 5.74) is 0. The van der Waals surface area contributed by atoms with E-state index >= 15 is 0 Å². The van der Waals surface area contributed by atoms with Gasteiger partial charge in [-0.25, -0.2) is 0 Å². The molecule has 0 radical (unpaired) electrons. The Hall–Kier alpha value is 0. The summed E-state index contributed by atoms with van der Waals surface area (Å²) in [5, 5.41) is 0. The molecule has 1 aliphatic rings. The van der Waals surface area contributed by atoms with Crippen LogP contribution in [0.2, 0.25) is 0 Å². The van der Waals surface area contributed by atoms with Crippen LogP contribution in [0, 0.1) is 5.92 Å². The Morgan fingerprint density at radius 2 is 0.690 bits per heavy atom. The normalized spacial score (nSPS) is 19.8. The highest BCUT2D eigenvalue weighted by Gasteiger charge is 2.09. The van der Waals surface area contributed by atoms with E-state index in [9.17, 15) is 0 Å². The third-order valence-corrected chi connectivity index (χ3v) is 7.44. The molecule has 1 rings (SSSR count). The monoisotopic (exact) mass is 406 g/mol. The highest BCUT2D eigenvalue weighted by atomic mass is 14.1. The molecule has 0 amide bonds. The van der Waals surface area contributed by atoms with Gasteiger partial charge in [0.2, 0.25) is 0 Å². The van der Waals surface area contributed by atoms with Crippen molar-refractivity contribution in [3.63, 3.8) is 0 Å². The Morgan fingerprint density at radius 3 is 1.07 bits per heavy atom. The topological polar surface area (TPSA) is 0 Å². The number of hydrogen-bond acceptors (Lipinski definition) is 0. The maximum Gasteiger partial charge on any atom is -0.0414 e. The summed E-state index contributed by atoms with van der Waals surface area (Å²) >= 11 is 0. The molecule has 0 heteroatoms. The number of unbranched alkanes of at least 4 members (excludes halogenated alkanes) is 9. The second-order valence-corrected chi connectivity index (χ2v) is 10.4. The molecule has 1 saturated carbocycles. The first-order valence-corrected chi connectivity index (χ1v) is 14.4. The van der Waals surface area contributed by atoms with Crippen LogP contribution in [-0.2, 0) is 0 Å². The predicted octanol–water partition coefficient (Wildman–Crippen LogP) is 11.2. The molecule has 0 aromatic carbocycles. The van der Waals surface area contributed by atoms with Crippen LogP contribution in [0.5, 0.6) is 0 Å².